The Labute approximate surface area is 145 Å². The van der Waals surface area contributed by atoms with Crippen LogP contribution in [0.1, 0.15) is 10.4 Å². The van der Waals surface area contributed by atoms with Crippen molar-refractivity contribution in [2.45, 2.75) is 0 Å². The van der Waals surface area contributed by atoms with Gasteiger partial charge in [-0.1, -0.05) is 0 Å². The molecule has 8 heteroatoms. The van der Waals surface area contributed by atoms with Crippen LogP contribution in [-0.2, 0) is 0 Å². The number of carbonyl (C=O) groups is 1. The Morgan fingerprint density at radius 1 is 1.16 bits per heavy atom. The van der Waals surface area contributed by atoms with Gasteiger partial charge in [-0.05, 0) is 41.8 Å². The molecule has 0 saturated heterocycles. The van der Waals surface area contributed by atoms with Crippen LogP contribution >= 0.6 is 11.3 Å². The summed E-state index contributed by atoms with van der Waals surface area (Å²) in [5.74, 6) is -0.845. The molecule has 0 aliphatic heterocycles. The average Bonchev–Trinajstić information content (AvgIpc) is 3.13. The summed E-state index contributed by atoms with van der Waals surface area (Å²) in [6.07, 6.45) is 0. The van der Waals surface area contributed by atoms with Gasteiger partial charge in [0.2, 0.25) is 0 Å². The quantitative estimate of drug-likeness (QED) is 0.523. The molecule has 0 unspecified atom stereocenters. The number of carbonyl (C=O) groups excluding carboxylic acids is 1. The minimum Gasteiger partial charge on any atom is -0.454 e. The molecule has 0 saturated carbocycles. The van der Waals surface area contributed by atoms with Crippen molar-refractivity contribution in [3.05, 3.63) is 80.8 Å². The van der Waals surface area contributed by atoms with Gasteiger partial charge >= 0.3 is 0 Å². The molecule has 1 amide bonds. The number of nitro groups is 1. The summed E-state index contributed by atoms with van der Waals surface area (Å²) < 4.78 is 19.2. The van der Waals surface area contributed by atoms with Gasteiger partial charge in [-0.25, -0.2) is 4.39 Å². The van der Waals surface area contributed by atoms with E-state index in [2.05, 4.69) is 5.32 Å². The third-order valence-electron chi connectivity index (χ3n) is 3.25. The van der Waals surface area contributed by atoms with Crippen LogP contribution in [0.25, 0.3) is 0 Å². The van der Waals surface area contributed by atoms with E-state index in [9.17, 15) is 19.3 Å². The van der Waals surface area contributed by atoms with Crippen LogP contribution in [0.15, 0.2) is 59.3 Å². The van der Waals surface area contributed by atoms with Crippen molar-refractivity contribution in [3.8, 4) is 11.5 Å². The standard InChI is InChI=1S/C17H11FN2O4S/c18-15-9-13(20(22)23)3-6-16(15)24-14-4-1-12(2-5-14)19-17(21)11-7-8-25-10-11/h1-10H,(H,19,21). The van der Waals surface area contributed by atoms with Crippen molar-refractivity contribution >= 4 is 28.6 Å². The number of halogens is 1. The first-order valence-electron chi connectivity index (χ1n) is 7.08. The number of ether oxygens (including phenoxy) is 1. The lowest BCUT2D eigenvalue weighted by Gasteiger charge is -2.08. The van der Waals surface area contributed by atoms with Gasteiger partial charge in [-0.15, -0.1) is 0 Å². The minimum atomic E-state index is -0.830. The van der Waals surface area contributed by atoms with E-state index in [-0.39, 0.29) is 17.3 Å². The maximum atomic E-state index is 13.8. The number of nitrogens with one attached hydrogen (secondary N) is 1. The fourth-order valence-electron chi connectivity index (χ4n) is 2.02. The number of nitro benzene ring substituents is 1. The summed E-state index contributed by atoms with van der Waals surface area (Å²) >= 11 is 1.43. The Morgan fingerprint density at radius 3 is 2.52 bits per heavy atom. The van der Waals surface area contributed by atoms with E-state index in [1.54, 1.807) is 35.7 Å². The number of rotatable bonds is 5. The average molecular weight is 358 g/mol. The first-order chi connectivity index (χ1) is 12.0. The van der Waals surface area contributed by atoms with Gasteiger partial charge in [-0.2, -0.15) is 11.3 Å². The molecule has 0 spiro atoms. The van der Waals surface area contributed by atoms with Gasteiger partial charge in [0, 0.05) is 17.1 Å². The third kappa shape index (κ3) is 3.99. The molecule has 3 aromatic rings. The number of thiophene rings is 1. The second-order valence-corrected chi connectivity index (χ2v) is 5.74. The Hall–Kier alpha value is -3.26. The Morgan fingerprint density at radius 2 is 1.92 bits per heavy atom. The first kappa shape index (κ1) is 16.6. The first-order valence-corrected chi connectivity index (χ1v) is 8.02. The van der Waals surface area contributed by atoms with Crippen molar-refractivity contribution in [3.63, 3.8) is 0 Å². The van der Waals surface area contributed by atoms with Crippen LogP contribution in [0, 0.1) is 15.9 Å². The lowest BCUT2D eigenvalue weighted by molar-refractivity contribution is -0.385. The van der Waals surface area contributed by atoms with E-state index in [0.29, 0.717) is 17.0 Å². The molecule has 1 aromatic heterocycles. The Balaban J connectivity index is 1.68. The maximum absolute atomic E-state index is 13.8. The normalized spacial score (nSPS) is 10.3. The SMILES string of the molecule is O=C(Nc1ccc(Oc2ccc([N+](=O)[O-])cc2F)cc1)c1ccsc1. The highest BCUT2D eigenvalue weighted by atomic mass is 32.1. The topological polar surface area (TPSA) is 81.5 Å². The number of hydrogen-bond acceptors (Lipinski definition) is 5. The van der Waals surface area contributed by atoms with Gasteiger partial charge in [0.15, 0.2) is 11.6 Å². The van der Waals surface area contributed by atoms with Crippen LogP contribution in [0.2, 0.25) is 0 Å². The van der Waals surface area contributed by atoms with Gasteiger partial charge < -0.3 is 10.1 Å². The second-order valence-electron chi connectivity index (χ2n) is 4.96. The zero-order chi connectivity index (χ0) is 17.8. The van der Waals surface area contributed by atoms with Gasteiger partial charge in [0.1, 0.15) is 5.75 Å². The number of amides is 1. The lowest BCUT2D eigenvalue weighted by atomic mass is 10.2. The minimum absolute atomic E-state index is 0.124. The molecular weight excluding hydrogens is 347 g/mol. The summed E-state index contributed by atoms with van der Waals surface area (Å²) in [7, 11) is 0. The monoisotopic (exact) mass is 358 g/mol. The molecule has 0 aliphatic rings. The summed E-state index contributed by atoms with van der Waals surface area (Å²) in [4.78, 5) is 21.9. The van der Waals surface area contributed by atoms with E-state index in [1.807, 2.05) is 5.38 Å². The van der Waals surface area contributed by atoms with Crippen LogP contribution in [0.5, 0.6) is 11.5 Å². The highest BCUT2D eigenvalue weighted by Crippen LogP contribution is 2.28. The van der Waals surface area contributed by atoms with E-state index in [1.165, 1.54) is 17.4 Å². The summed E-state index contributed by atoms with van der Waals surface area (Å²) in [5, 5.41) is 16.9. The highest BCUT2D eigenvalue weighted by molar-refractivity contribution is 7.08. The van der Waals surface area contributed by atoms with E-state index >= 15 is 0 Å². The third-order valence-corrected chi connectivity index (χ3v) is 3.93. The molecule has 0 bridgehead atoms. The number of non-ortho nitro benzene ring substituents is 1. The molecule has 1 heterocycles. The van der Waals surface area contributed by atoms with Crippen molar-refractivity contribution < 1.29 is 18.8 Å². The molecule has 1 N–H and O–H groups in total. The molecule has 0 fully saturated rings. The number of benzene rings is 2. The van der Waals surface area contributed by atoms with Crippen LogP contribution in [0.4, 0.5) is 15.8 Å². The van der Waals surface area contributed by atoms with Crippen LogP contribution in [0.3, 0.4) is 0 Å². The molecule has 0 aliphatic carbocycles. The zero-order valence-corrected chi connectivity index (χ0v) is 13.5. The van der Waals surface area contributed by atoms with Gasteiger partial charge in [0.05, 0.1) is 16.6 Å². The van der Waals surface area contributed by atoms with Crippen molar-refractivity contribution in [2.75, 3.05) is 5.32 Å². The number of nitrogens with zero attached hydrogens (tertiary/aromatic N) is 1. The Kier molecular flexibility index (Phi) is 4.71. The molecule has 0 atom stereocenters. The lowest BCUT2D eigenvalue weighted by Crippen LogP contribution is -2.10. The van der Waals surface area contributed by atoms with Gasteiger partial charge in [-0.3, -0.25) is 14.9 Å². The maximum Gasteiger partial charge on any atom is 0.272 e. The predicted molar refractivity (Wildman–Crippen MR) is 91.8 cm³/mol. The fraction of sp³-hybridized carbons (Fsp3) is 0. The van der Waals surface area contributed by atoms with Crippen LogP contribution in [-0.4, -0.2) is 10.8 Å². The van der Waals surface area contributed by atoms with Crippen LogP contribution < -0.4 is 10.1 Å². The van der Waals surface area contributed by atoms with E-state index in [4.69, 9.17) is 4.74 Å². The molecule has 2 aromatic carbocycles. The highest BCUT2D eigenvalue weighted by Gasteiger charge is 2.12. The molecule has 126 valence electrons. The second kappa shape index (κ2) is 7.10. The van der Waals surface area contributed by atoms with E-state index < -0.39 is 10.7 Å². The molecule has 3 rings (SSSR count). The molecule has 6 nitrogen and oxygen atoms in total. The van der Waals surface area contributed by atoms with Crippen molar-refractivity contribution in [1.29, 1.82) is 0 Å². The summed E-state index contributed by atoms with van der Waals surface area (Å²) in [6, 6.07) is 11.2. The predicted octanol–water partition coefficient (Wildman–Crippen LogP) is 4.84. The zero-order valence-electron chi connectivity index (χ0n) is 12.6. The fourth-order valence-corrected chi connectivity index (χ4v) is 2.65. The number of anilines is 1. The number of hydrogen-bond donors (Lipinski definition) is 1. The van der Waals surface area contributed by atoms with Crippen molar-refractivity contribution in [1.82, 2.24) is 0 Å². The smallest absolute Gasteiger partial charge is 0.272 e. The summed E-state index contributed by atoms with van der Waals surface area (Å²) in [5.41, 5.74) is 0.780. The van der Waals surface area contributed by atoms with Gasteiger partial charge in [0.25, 0.3) is 11.6 Å². The molecule has 25 heavy (non-hydrogen) atoms. The Bertz CT molecular complexity index is 911. The molecule has 0 radical (unpaired) electrons. The van der Waals surface area contributed by atoms with Crippen molar-refractivity contribution in [2.24, 2.45) is 0 Å². The molecular formula is C17H11FN2O4S. The summed E-state index contributed by atoms with van der Waals surface area (Å²) in [6.45, 7) is 0. The van der Waals surface area contributed by atoms with E-state index in [0.717, 1.165) is 12.1 Å². The largest absolute Gasteiger partial charge is 0.454 e.